The van der Waals surface area contributed by atoms with Gasteiger partial charge >= 0.3 is 0 Å². The van der Waals surface area contributed by atoms with Crippen LogP contribution in [0.1, 0.15) is 0 Å². The summed E-state index contributed by atoms with van der Waals surface area (Å²) in [6.07, 6.45) is -5.99. The largest absolute Gasteiger partial charge is 0.394 e. The minimum atomic E-state index is -1.40. The van der Waals surface area contributed by atoms with Crippen LogP contribution in [0, 0.1) is 0 Å². The lowest BCUT2D eigenvalue weighted by atomic mass is 9.95. The van der Waals surface area contributed by atoms with Crippen LogP contribution in [0.3, 0.4) is 0 Å². The van der Waals surface area contributed by atoms with Gasteiger partial charge in [0, 0.05) is 0 Å². The molecule has 6 heteroatoms. The molecule has 0 spiro atoms. The summed E-state index contributed by atoms with van der Waals surface area (Å²) in [7, 11) is 0. The fraction of sp³-hybridized carbons (Fsp3) is 1.00. The number of hydrogen-bond acceptors (Lipinski definition) is 6. The molecule has 1 fully saturated rings. The Morgan fingerprint density at radius 2 is 1.15 bits per heavy atom. The van der Waals surface area contributed by atoms with Gasteiger partial charge in [0.2, 0.25) is 0 Å². The molecule has 5 N–H and O–H groups in total. The molecule has 78 valence electrons. The lowest BCUT2D eigenvalue weighted by molar-refractivity contribution is -0.235. The summed E-state index contributed by atoms with van der Waals surface area (Å²) in [5.41, 5.74) is 0. The van der Waals surface area contributed by atoms with E-state index in [-0.39, 0.29) is 0 Å². The van der Waals surface area contributed by atoms with Gasteiger partial charge in [0.1, 0.15) is 30.5 Å². The molecule has 0 radical (unpaired) electrons. The van der Waals surface area contributed by atoms with Crippen LogP contribution in [0.15, 0.2) is 0 Å². The van der Waals surface area contributed by atoms with Gasteiger partial charge in [-0.05, 0) is 0 Å². The zero-order chi connectivity index (χ0) is 10.0. The Bertz CT molecular complexity index is 143. The van der Waals surface area contributed by atoms with Crippen molar-refractivity contribution < 1.29 is 30.3 Å². The average molecular weight is 194 g/mol. The van der Waals surface area contributed by atoms with E-state index in [1.807, 2.05) is 0 Å². The maximum atomic E-state index is 9.25. The highest BCUT2D eigenvalue weighted by Crippen LogP contribution is 2.20. The third-order valence-corrected chi connectivity index (χ3v) is 2.17. The van der Waals surface area contributed by atoms with E-state index in [4.69, 9.17) is 14.9 Å². The van der Waals surface area contributed by atoms with Crippen molar-refractivity contribution in [3.05, 3.63) is 0 Å². The zero-order valence-electron chi connectivity index (χ0n) is 6.95. The Morgan fingerprint density at radius 1 is 0.769 bits per heavy atom. The van der Waals surface area contributed by atoms with Gasteiger partial charge in [0.05, 0.1) is 13.2 Å². The van der Waals surface area contributed by atoms with E-state index in [9.17, 15) is 15.3 Å². The van der Waals surface area contributed by atoms with Crippen molar-refractivity contribution in [1.29, 1.82) is 0 Å². The summed E-state index contributed by atoms with van der Waals surface area (Å²) in [6.45, 7) is -0.942. The Kier molecular flexibility index (Phi) is 3.60. The van der Waals surface area contributed by atoms with Gasteiger partial charge in [-0.3, -0.25) is 0 Å². The molecule has 1 saturated heterocycles. The lowest BCUT2D eigenvalue weighted by Gasteiger charge is -2.39. The van der Waals surface area contributed by atoms with Crippen molar-refractivity contribution in [3.8, 4) is 0 Å². The van der Waals surface area contributed by atoms with Gasteiger partial charge in [0.15, 0.2) is 0 Å². The van der Waals surface area contributed by atoms with Crippen LogP contribution < -0.4 is 0 Å². The topological polar surface area (TPSA) is 110 Å². The van der Waals surface area contributed by atoms with E-state index in [0.717, 1.165) is 0 Å². The van der Waals surface area contributed by atoms with Crippen LogP contribution >= 0.6 is 0 Å². The van der Waals surface area contributed by atoms with Crippen molar-refractivity contribution in [1.82, 2.24) is 0 Å². The maximum absolute atomic E-state index is 9.25. The first kappa shape index (κ1) is 10.8. The summed E-state index contributed by atoms with van der Waals surface area (Å²) >= 11 is 0. The first-order valence-electron chi connectivity index (χ1n) is 4.03. The third-order valence-electron chi connectivity index (χ3n) is 2.17. The molecule has 4 atom stereocenters. The van der Waals surface area contributed by atoms with E-state index in [2.05, 4.69) is 0 Å². The molecule has 0 aliphatic carbocycles. The summed E-state index contributed by atoms with van der Waals surface area (Å²) in [6, 6.07) is 0. The van der Waals surface area contributed by atoms with Gasteiger partial charge in [-0.15, -0.1) is 0 Å². The van der Waals surface area contributed by atoms with E-state index < -0.39 is 43.7 Å². The monoisotopic (exact) mass is 194 g/mol. The predicted octanol–water partition coefficient (Wildman–Crippen LogP) is -3.18. The molecule has 0 aromatic heterocycles. The molecule has 1 aliphatic heterocycles. The molecule has 0 amide bonds. The highest BCUT2D eigenvalue weighted by atomic mass is 16.6. The first-order valence-corrected chi connectivity index (χ1v) is 4.03. The predicted molar refractivity (Wildman–Crippen MR) is 40.9 cm³/mol. The van der Waals surface area contributed by atoms with Gasteiger partial charge in [-0.25, -0.2) is 0 Å². The minimum Gasteiger partial charge on any atom is -0.394 e. The second-order valence-corrected chi connectivity index (χ2v) is 3.05. The molecule has 1 aliphatic rings. The van der Waals surface area contributed by atoms with E-state index >= 15 is 0 Å². The van der Waals surface area contributed by atoms with Gasteiger partial charge in [-0.2, -0.15) is 0 Å². The van der Waals surface area contributed by atoms with Crippen molar-refractivity contribution in [2.45, 2.75) is 30.5 Å². The van der Waals surface area contributed by atoms with Crippen LogP contribution in [0.5, 0.6) is 0 Å². The van der Waals surface area contributed by atoms with Crippen molar-refractivity contribution >= 4 is 0 Å². The Labute approximate surface area is 75.0 Å². The van der Waals surface area contributed by atoms with Crippen LogP contribution in [-0.4, -0.2) is 69.3 Å². The van der Waals surface area contributed by atoms with E-state index in [1.165, 1.54) is 0 Å². The van der Waals surface area contributed by atoms with E-state index in [0.29, 0.717) is 0 Å². The van der Waals surface area contributed by atoms with Crippen LogP contribution in [0.25, 0.3) is 0 Å². The number of aliphatic hydroxyl groups excluding tert-OH is 5. The smallest absolute Gasteiger partial charge is 0.111 e. The van der Waals surface area contributed by atoms with Crippen molar-refractivity contribution in [2.24, 2.45) is 0 Å². The maximum Gasteiger partial charge on any atom is 0.111 e. The normalized spacial score (nSPS) is 46.4. The summed E-state index contributed by atoms with van der Waals surface area (Å²) in [5, 5.41) is 45.2. The highest BCUT2D eigenvalue weighted by molar-refractivity contribution is 4.91. The Hall–Kier alpha value is -0.240. The summed E-state index contributed by atoms with van der Waals surface area (Å²) in [4.78, 5) is 0. The summed E-state index contributed by atoms with van der Waals surface area (Å²) < 4.78 is 4.92. The molecule has 6 nitrogen and oxygen atoms in total. The average Bonchev–Trinajstić information content (AvgIpc) is 2.15. The van der Waals surface area contributed by atoms with Crippen molar-refractivity contribution in [2.75, 3.05) is 13.2 Å². The first-order chi connectivity index (χ1) is 6.11. The molecule has 1 heterocycles. The molecule has 0 aromatic carbocycles. The fourth-order valence-electron chi connectivity index (χ4n) is 1.33. The van der Waals surface area contributed by atoms with E-state index in [1.54, 1.807) is 0 Å². The molecule has 0 unspecified atom stereocenters. The summed E-state index contributed by atoms with van der Waals surface area (Å²) in [5.74, 6) is 0. The second-order valence-electron chi connectivity index (χ2n) is 3.05. The fourth-order valence-corrected chi connectivity index (χ4v) is 1.33. The van der Waals surface area contributed by atoms with Gasteiger partial charge in [-0.1, -0.05) is 0 Å². The van der Waals surface area contributed by atoms with Crippen molar-refractivity contribution in [3.63, 3.8) is 0 Å². The van der Waals surface area contributed by atoms with Crippen LogP contribution in [-0.2, 0) is 4.74 Å². The number of rotatable bonds is 2. The standard InChI is InChI=1S/C7H14O6/c8-1-3-5(10)7(12)6(11)4(2-9)13-3/h3-12H,1-2H2/t3-,4-,5-,6-/m1/s1. The SMILES string of the molecule is OC[C@H]1O[C@H](CO)[C@@H](O)C(O)[C@@H]1O. The van der Waals surface area contributed by atoms with Crippen LogP contribution in [0.4, 0.5) is 0 Å². The minimum absolute atomic E-state index is 0.471. The molecular weight excluding hydrogens is 180 g/mol. The molecule has 0 aromatic rings. The zero-order valence-corrected chi connectivity index (χ0v) is 6.95. The molecule has 0 bridgehead atoms. The molecular formula is C7H14O6. The van der Waals surface area contributed by atoms with Crippen LogP contribution in [0.2, 0.25) is 0 Å². The molecule has 13 heavy (non-hydrogen) atoms. The molecule has 0 saturated carbocycles. The Morgan fingerprint density at radius 3 is 1.46 bits per heavy atom. The van der Waals surface area contributed by atoms with Gasteiger partial charge < -0.3 is 30.3 Å². The lowest BCUT2D eigenvalue weighted by Crippen LogP contribution is -2.59. The number of hydrogen-bond donors (Lipinski definition) is 5. The Balaban J connectivity index is 2.66. The quantitative estimate of drug-likeness (QED) is 0.317. The highest BCUT2D eigenvalue weighted by Gasteiger charge is 2.42. The molecule has 1 rings (SSSR count). The van der Waals surface area contributed by atoms with Gasteiger partial charge in [0.25, 0.3) is 0 Å². The third kappa shape index (κ3) is 1.98. The number of aliphatic hydroxyl groups is 5. The second kappa shape index (κ2) is 4.32. The number of ether oxygens (including phenoxy) is 1.